The molecule has 4 heteroatoms. The van der Waals surface area contributed by atoms with Gasteiger partial charge in [0.05, 0.1) is 12.8 Å². The molecule has 2 aromatic carbocycles. The molecule has 2 aromatic rings. The van der Waals surface area contributed by atoms with Crippen molar-refractivity contribution in [2.75, 3.05) is 12.8 Å². The summed E-state index contributed by atoms with van der Waals surface area (Å²) in [4.78, 5) is 0. The molecule has 2 N–H and O–H groups in total. The van der Waals surface area contributed by atoms with E-state index in [9.17, 15) is 0 Å². The van der Waals surface area contributed by atoms with Gasteiger partial charge in [0, 0.05) is 11.8 Å². The summed E-state index contributed by atoms with van der Waals surface area (Å²) < 4.78 is 5.18. The van der Waals surface area contributed by atoms with Gasteiger partial charge in [-0.25, -0.2) is 0 Å². The number of nitrogens with zero attached hydrogens (tertiary/aromatic N) is 2. The maximum absolute atomic E-state index is 5.66. The molecule has 0 heterocycles. The maximum Gasteiger partial charge on any atom is 0.148 e. The van der Waals surface area contributed by atoms with Crippen LogP contribution in [0.4, 0.5) is 17.1 Å². The third kappa shape index (κ3) is 2.81. The second-order valence-corrected chi connectivity index (χ2v) is 3.47. The second-order valence-electron chi connectivity index (χ2n) is 3.47. The van der Waals surface area contributed by atoms with Crippen molar-refractivity contribution in [3.63, 3.8) is 0 Å². The summed E-state index contributed by atoms with van der Waals surface area (Å²) in [6, 6.07) is 14.8. The molecule has 0 amide bonds. The molecule has 4 nitrogen and oxygen atoms in total. The van der Waals surface area contributed by atoms with Crippen molar-refractivity contribution in [2.24, 2.45) is 10.2 Å². The molecule has 2 rings (SSSR count). The summed E-state index contributed by atoms with van der Waals surface area (Å²) in [7, 11) is 1.58. The number of anilines is 1. The quantitative estimate of drug-likeness (QED) is 0.642. The van der Waals surface area contributed by atoms with E-state index in [4.69, 9.17) is 10.5 Å². The van der Waals surface area contributed by atoms with Crippen LogP contribution in [0.5, 0.6) is 5.75 Å². The van der Waals surface area contributed by atoms with Crippen LogP contribution in [-0.4, -0.2) is 7.11 Å². The molecule has 0 saturated heterocycles. The minimum atomic E-state index is 0.615. The number of ether oxygens (including phenoxy) is 1. The molecule has 0 fully saturated rings. The minimum absolute atomic E-state index is 0.615. The first-order chi connectivity index (χ1) is 8.29. The van der Waals surface area contributed by atoms with Gasteiger partial charge in [-0.15, -0.1) is 5.11 Å². The van der Waals surface area contributed by atoms with E-state index >= 15 is 0 Å². The number of methoxy groups -OCH3 is 1. The predicted octanol–water partition coefficient (Wildman–Crippen LogP) is 3.69. The van der Waals surface area contributed by atoms with Crippen molar-refractivity contribution in [2.45, 2.75) is 0 Å². The van der Waals surface area contributed by atoms with Gasteiger partial charge in [-0.2, -0.15) is 5.11 Å². The minimum Gasteiger partial charge on any atom is -0.494 e. The van der Waals surface area contributed by atoms with Gasteiger partial charge in [-0.3, -0.25) is 0 Å². The zero-order valence-corrected chi connectivity index (χ0v) is 9.50. The molecule has 0 atom stereocenters. The molecule has 0 aliphatic heterocycles. The molecule has 0 radical (unpaired) electrons. The van der Waals surface area contributed by atoms with E-state index in [0.29, 0.717) is 17.1 Å². The van der Waals surface area contributed by atoms with E-state index in [1.54, 1.807) is 25.3 Å². The molecular weight excluding hydrogens is 214 g/mol. The zero-order chi connectivity index (χ0) is 12.1. The number of benzene rings is 2. The van der Waals surface area contributed by atoms with Crippen molar-refractivity contribution < 1.29 is 4.74 Å². The van der Waals surface area contributed by atoms with Crippen LogP contribution in [0.25, 0.3) is 0 Å². The summed E-state index contributed by atoms with van der Waals surface area (Å²) in [5.41, 5.74) is 7.75. The average Bonchev–Trinajstić information content (AvgIpc) is 2.38. The molecule has 0 spiro atoms. The Labute approximate surface area is 99.8 Å². The fourth-order valence-electron chi connectivity index (χ4n) is 1.38. The predicted molar refractivity (Wildman–Crippen MR) is 68.0 cm³/mol. The number of hydrogen-bond donors (Lipinski definition) is 1. The summed E-state index contributed by atoms with van der Waals surface area (Å²) in [6.07, 6.45) is 0. The van der Waals surface area contributed by atoms with Gasteiger partial charge in [0.25, 0.3) is 0 Å². The Balaban J connectivity index is 2.27. The number of rotatable bonds is 3. The van der Waals surface area contributed by atoms with Crippen LogP contribution in [0.15, 0.2) is 58.8 Å². The topological polar surface area (TPSA) is 60.0 Å². The Kier molecular flexibility index (Phi) is 3.35. The van der Waals surface area contributed by atoms with Crippen LogP contribution >= 0.6 is 0 Å². The highest BCUT2D eigenvalue weighted by atomic mass is 16.5. The summed E-state index contributed by atoms with van der Waals surface area (Å²) in [5, 5.41) is 8.25. The largest absolute Gasteiger partial charge is 0.494 e. The van der Waals surface area contributed by atoms with Gasteiger partial charge in [0.15, 0.2) is 0 Å². The summed E-state index contributed by atoms with van der Waals surface area (Å²) >= 11 is 0. The molecule has 0 saturated carbocycles. The van der Waals surface area contributed by atoms with Crippen molar-refractivity contribution in [3.05, 3.63) is 48.5 Å². The monoisotopic (exact) mass is 227 g/mol. The highest BCUT2D eigenvalue weighted by molar-refractivity contribution is 5.59. The van der Waals surface area contributed by atoms with Crippen molar-refractivity contribution in [1.29, 1.82) is 0 Å². The fraction of sp³-hybridized carbons (Fsp3) is 0.0769. The normalized spacial score (nSPS) is 10.6. The molecule has 0 unspecified atom stereocenters. The van der Waals surface area contributed by atoms with Crippen LogP contribution in [-0.2, 0) is 0 Å². The van der Waals surface area contributed by atoms with E-state index < -0.39 is 0 Å². The van der Waals surface area contributed by atoms with E-state index in [-0.39, 0.29) is 0 Å². The van der Waals surface area contributed by atoms with Gasteiger partial charge >= 0.3 is 0 Å². The van der Waals surface area contributed by atoms with Gasteiger partial charge in [0.1, 0.15) is 11.4 Å². The fourth-order valence-corrected chi connectivity index (χ4v) is 1.38. The molecule has 0 aromatic heterocycles. The first kappa shape index (κ1) is 11.1. The van der Waals surface area contributed by atoms with Gasteiger partial charge in [0.2, 0.25) is 0 Å². The third-order valence-corrected chi connectivity index (χ3v) is 2.23. The number of nitrogens with two attached hydrogens (primary N) is 1. The van der Waals surface area contributed by atoms with E-state index in [1.807, 2.05) is 30.3 Å². The van der Waals surface area contributed by atoms with Crippen LogP contribution in [0.3, 0.4) is 0 Å². The maximum atomic E-state index is 5.66. The average molecular weight is 227 g/mol. The lowest BCUT2D eigenvalue weighted by Gasteiger charge is -2.03. The SMILES string of the molecule is COc1cc(N)ccc1/N=N/c1ccccc1. The van der Waals surface area contributed by atoms with Crippen LogP contribution < -0.4 is 10.5 Å². The van der Waals surface area contributed by atoms with Gasteiger partial charge in [-0.1, -0.05) is 18.2 Å². The van der Waals surface area contributed by atoms with Crippen molar-refractivity contribution in [3.8, 4) is 5.75 Å². The van der Waals surface area contributed by atoms with E-state index in [2.05, 4.69) is 10.2 Å². The van der Waals surface area contributed by atoms with E-state index in [0.717, 1.165) is 5.69 Å². The molecular formula is C13H13N3O. The highest BCUT2D eigenvalue weighted by Crippen LogP contribution is 2.30. The lowest BCUT2D eigenvalue weighted by molar-refractivity contribution is 0.416. The molecule has 0 aliphatic carbocycles. The number of hydrogen-bond acceptors (Lipinski definition) is 4. The van der Waals surface area contributed by atoms with Gasteiger partial charge < -0.3 is 10.5 Å². The molecule has 17 heavy (non-hydrogen) atoms. The lowest BCUT2D eigenvalue weighted by atomic mass is 10.2. The van der Waals surface area contributed by atoms with Crippen LogP contribution in [0, 0.1) is 0 Å². The zero-order valence-electron chi connectivity index (χ0n) is 9.50. The van der Waals surface area contributed by atoms with Crippen molar-refractivity contribution in [1.82, 2.24) is 0 Å². The Morgan fingerprint density at radius 3 is 2.47 bits per heavy atom. The lowest BCUT2D eigenvalue weighted by Crippen LogP contribution is -1.87. The molecule has 86 valence electrons. The summed E-state index contributed by atoms with van der Waals surface area (Å²) in [6.45, 7) is 0. The molecule has 0 bridgehead atoms. The third-order valence-electron chi connectivity index (χ3n) is 2.23. The second kappa shape index (κ2) is 5.12. The Hall–Kier alpha value is -2.36. The smallest absolute Gasteiger partial charge is 0.148 e. The Bertz CT molecular complexity index is 523. The van der Waals surface area contributed by atoms with Gasteiger partial charge in [-0.05, 0) is 24.3 Å². The first-order valence-corrected chi connectivity index (χ1v) is 5.20. The first-order valence-electron chi connectivity index (χ1n) is 5.20. The van der Waals surface area contributed by atoms with Crippen LogP contribution in [0.1, 0.15) is 0 Å². The van der Waals surface area contributed by atoms with Crippen molar-refractivity contribution >= 4 is 17.1 Å². The number of azo groups is 1. The van der Waals surface area contributed by atoms with Crippen LogP contribution in [0.2, 0.25) is 0 Å². The highest BCUT2D eigenvalue weighted by Gasteiger charge is 2.01. The summed E-state index contributed by atoms with van der Waals surface area (Å²) in [5.74, 6) is 0.615. The Morgan fingerprint density at radius 1 is 1.00 bits per heavy atom. The standard InChI is InChI=1S/C13H13N3O/c1-17-13-9-10(14)7-8-12(13)16-15-11-5-3-2-4-6-11/h2-9H,14H2,1H3/b16-15+. The molecule has 0 aliphatic rings. The Morgan fingerprint density at radius 2 is 1.76 bits per heavy atom. The number of nitrogen functional groups attached to an aromatic ring is 1. The van der Waals surface area contributed by atoms with E-state index in [1.165, 1.54) is 0 Å².